The van der Waals surface area contributed by atoms with Gasteiger partial charge >= 0.3 is 0 Å². The lowest BCUT2D eigenvalue weighted by atomic mass is 10.3. The molecule has 1 aromatic heterocycles. The van der Waals surface area contributed by atoms with Crippen LogP contribution in [-0.4, -0.2) is 25.7 Å². The van der Waals surface area contributed by atoms with E-state index in [1.54, 1.807) is 6.07 Å². The van der Waals surface area contributed by atoms with Crippen LogP contribution in [0.5, 0.6) is 0 Å². The summed E-state index contributed by atoms with van der Waals surface area (Å²) < 4.78 is 5.32. The van der Waals surface area contributed by atoms with Crippen molar-refractivity contribution < 1.29 is 9.53 Å². The van der Waals surface area contributed by atoms with E-state index in [4.69, 9.17) is 10.5 Å². The fourth-order valence-electron chi connectivity index (χ4n) is 1.32. The van der Waals surface area contributed by atoms with E-state index >= 15 is 0 Å². The van der Waals surface area contributed by atoms with Crippen LogP contribution in [0.3, 0.4) is 0 Å². The molecule has 4 nitrogen and oxygen atoms in total. The molecular formula is C12H20N2O2S. The van der Waals surface area contributed by atoms with E-state index in [1.807, 2.05) is 6.92 Å². The number of nitrogens with one attached hydrogen (secondary N) is 1. The number of thiophene rings is 1. The lowest BCUT2D eigenvalue weighted by Crippen LogP contribution is -2.24. The van der Waals surface area contributed by atoms with Gasteiger partial charge in [-0.1, -0.05) is 6.92 Å². The van der Waals surface area contributed by atoms with Crippen molar-refractivity contribution in [1.82, 2.24) is 5.32 Å². The first-order chi connectivity index (χ1) is 8.15. The smallest absolute Gasteiger partial charge is 0.261 e. The molecule has 0 aliphatic rings. The average Bonchev–Trinajstić information content (AvgIpc) is 2.64. The van der Waals surface area contributed by atoms with Crippen LogP contribution >= 0.6 is 11.3 Å². The van der Waals surface area contributed by atoms with Gasteiger partial charge < -0.3 is 15.8 Å². The number of hydrogen-bond acceptors (Lipinski definition) is 4. The van der Waals surface area contributed by atoms with E-state index in [0.29, 0.717) is 23.7 Å². The molecule has 1 rings (SSSR count). The van der Waals surface area contributed by atoms with Gasteiger partial charge in [0, 0.05) is 30.3 Å². The lowest BCUT2D eigenvalue weighted by Gasteiger charge is -2.04. The monoisotopic (exact) mass is 256 g/mol. The highest BCUT2D eigenvalue weighted by Crippen LogP contribution is 2.22. The number of aryl methyl sites for hydroxylation is 1. The number of carbonyl (C=O) groups is 1. The van der Waals surface area contributed by atoms with Gasteiger partial charge in [0.1, 0.15) is 0 Å². The third-order valence-corrected chi connectivity index (χ3v) is 3.34. The van der Waals surface area contributed by atoms with Gasteiger partial charge in [0.15, 0.2) is 0 Å². The first kappa shape index (κ1) is 14.0. The molecule has 17 heavy (non-hydrogen) atoms. The van der Waals surface area contributed by atoms with Gasteiger partial charge in [-0.05, 0) is 25.8 Å². The molecule has 0 spiro atoms. The van der Waals surface area contributed by atoms with Crippen molar-refractivity contribution >= 4 is 22.9 Å². The first-order valence-electron chi connectivity index (χ1n) is 5.87. The Balaban J connectivity index is 2.21. The Hall–Kier alpha value is -1.07. The molecule has 0 bridgehead atoms. The maximum Gasteiger partial charge on any atom is 0.261 e. The van der Waals surface area contributed by atoms with Crippen LogP contribution in [0, 0.1) is 6.92 Å². The molecule has 0 aliphatic heterocycles. The van der Waals surface area contributed by atoms with Crippen LogP contribution in [0.1, 0.15) is 34.3 Å². The SMILES string of the molecule is CCCOCCCNC(=O)c1cc(N)c(C)s1. The number of carbonyl (C=O) groups excluding carboxylic acids is 1. The third-order valence-electron chi connectivity index (χ3n) is 2.28. The van der Waals surface area contributed by atoms with Crippen LogP contribution in [0.4, 0.5) is 5.69 Å². The van der Waals surface area contributed by atoms with Crippen LogP contribution in [0.25, 0.3) is 0 Å². The number of nitrogen functional groups attached to an aromatic ring is 1. The fourth-order valence-corrected chi connectivity index (χ4v) is 2.18. The molecule has 0 aromatic carbocycles. The Bertz CT molecular complexity index is 344. The van der Waals surface area contributed by atoms with Crippen molar-refractivity contribution in [3.63, 3.8) is 0 Å². The second-order valence-corrected chi connectivity index (χ2v) is 5.10. The molecule has 96 valence electrons. The standard InChI is InChI=1S/C12H20N2O2S/c1-3-6-16-7-4-5-14-12(15)11-8-10(13)9(2)17-11/h8H,3-7,13H2,1-2H3,(H,14,15). The van der Waals surface area contributed by atoms with E-state index in [0.717, 1.165) is 24.3 Å². The third kappa shape index (κ3) is 4.75. The zero-order valence-electron chi connectivity index (χ0n) is 10.4. The maximum atomic E-state index is 11.7. The minimum Gasteiger partial charge on any atom is -0.398 e. The summed E-state index contributed by atoms with van der Waals surface area (Å²) in [5, 5.41) is 2.85. The van der Waals surface area contributed by atoms with Crippen LogP contribution < -0.4 is 11.1 Å². The highest BCUT2D eigenvalue weighted by Gasteiger charge is 2.09. The number of rotatable bonds is 7. The largest absolute Gasteiger partial charge is 0.398 e. The van der Waals surface area contributed by atoms with E-state index in [-0.39, 0.29) is 5.91 Å². The van der Waals surface area contributed by atoms with Gasteiger partial charge in [-0.25, -0.2) is 0 Å². The Morgan fingerprint density at radius 3 is 2.88 bits per heavy atom. The van der Waals surface area contributed by atoms with Gasteiger partial charge in [0.2, 0.25) is 0 Å². The molecular weight excluding hydrogens is 236 g/mol. The molecule has 0 saturated heterocycles. The quantitative estimate of drug-likeness (QED) is 0.735. The number of nitrogens with two attached hydrogens (primary N) is 1. The first-order valence-corrected chi connectivity index (χ1v) is 6.68. The van der Waals surface area contributed by atoms with Crippen molar-refractivity contribution in [2.45, 2.75) is 26.7 Å². The Morgan fingerprint density at radius 2 is 2.29 bits per heavy atom. The van der Waals surface area contributed by atoms with Gasteiger partial charge in [-0.3, -0.25) is 4.79 Å². The van der Waals surface area contributed by atoms with E-state index < -0.39 is 0 Å². The topological polar surface area (TPSA) is 64.3 Å². The molecule has 5 heteroatoms. The van der Waals surface area contributed by atoms with Crippen molar-refractivity contribution in [1.29, 1.82) is 0 Å². The van der Waals surface area contributed by atoms with Crippen LogP contribution in [0.2, 0.25) is 0 Å². The summed E-state index contributed by atoms with van der Waals surface area (Å²) in [6, 6.07) is 1.73. The summed E-state index contributed by atoms with van der Waals surface area (Å²) in [5.41, 5.74) is 6.39. The summed E-state index contributed by atoms with van der Waals surface area (Å²) in [4.78, 5) is 13.4. The molecule has 0 aliphatic carbocycles. The molecule has 1 aromatic rings. The zero-order chi connectivity index (χ0) is 12.7. The molecule has 1 heterocycles. The minimum absolute atomic E-state index is 0.0507. The fraction of sp³-hybridized carbons (Fsp3) is 0.583. The summed E-state index contributed by atoms with van der Waals surface area (Å²) >= 11 is 1.43. The number of amides is 1. The highest BCUT2D eigenvalue weighted by molar-refractivity contribution is 7.14. The van der Waals surface area contributed by atoms with Crippen molar-refractivity contribution in [3.05, 3.63) is 15.8 Å². The molecule has 1 amide bonds. The zero-order valence-corrected chi connectivity index (χ0v) is 11.2. The normalized spacial score (nSPS) is 10.5. The van der Waals surface area contributed by atoms with Gasteiger partial charge in [-0.15, -0.1) is 11.3 Å². The van der Waals surface area contributed by atoms with E-state index in [9.17, 15) is 4.79 Å². The highest BCUT2D eigenvalue weighted by atomic mass is 32.1. The van der Waals surface area contributed by atoms with Gasteiger partial charge in [0.05, 0.1) is 4.88 Å². The van der Waals surface area contributed by atoms with Gasteiger partial charge in [0.25, 0.3) is 5.91 Å². The lowest BCUT2D eigenvalue weighted by molar-refractivity contribution is 0.0945. The molecule has 0 fully saturated rings. The maximum absolute atomic E-state index is 11.7. The summed E-state index contributed by atoms with van der Waals surface area (Å²) in [6.07, 6.45) is 1.87. The van der Waals surface area contributed by atoms with Crippen LogP contribution in [0.15, 0.2) is 6.07 Å². The van der Waals surface area contributed by atoms with E-state index in [2.05, 4.69) is 12.2 Å². The number of ether oxygens (including phenoxy) is 1. The number of anilines is 1. The van der Waals surface area contributed by atoms with Crippen molar-refractivity contribution in [3.8, 4) is 0 Å². The van der Waals surface area contributed by atoms with Crippen molar-refractivity contribution in [2.24, 2.45) is 0 Å². The molecule has 3 N–H and O–H groups in total. The summed E-state index contributed by atoms with van der Waals surface area (Å²) in [5.74, 6) is -0.0507. The van der Waals surface area contributed by atoms with Crippen molar-refractivity contribution in [2.75, 3.05) is 25.5 Å². The minimum atomic E-state index is -0.0507. The Kier molecular flexibility index (Phi) is 6.00. The molecule has 0 unspecified atom stereocenters. The van der Waals surface area contributed by atoms with Gasteiger partial charge in [-0.2, -0.15) is 0 Å². The molecule has 0 saturated carbocycles. The Morgan fingerprint density at radius 1 is 1.53 bits per heavy atom. The molecule has 0 radical (unpaired) electrons. The molecule has 0 atom stereocenters. The predicted octanol–water partition coefficient (Wildman–Crippen LogP) is 2.19. The van der Waals surface area contributed by atoms with Crippen LogP contribution in [-0.2, 0) is 4.74 Å². The summed E-state index contributed by atoms with van der Waals surface area (Å²) in [7, 11) is 0. The Labute approximate surface area is 106 Å². The second-order valence-electron chi connectivity index (χ2n) is 3.84. The average molecular weight is 256 g/mol. The summed E-state index contributed by atoms with van der Waals surface area (Å²) in [6.45, 7) is 6.11. The van der Waals surface area contributed by atoms with E-state index in [1.165, 1.54) is 11.3 Å². The second kappa shape index (κ2) is 7.29. The number of hydrogen-bond donors (Lipinski definition) is 2. The predicted molar refractivity (Wildman–Crippen MR) is 71.5 cm³/mol.